The summed E-state index contributed by atoms with van der Waals surface area (Å²) in [5.41, 5.74) is 3.17. The van der Waals surface area contributed by atoms with Gasteiger partial charge in [0.2, 0.25) is 0 Å². The summed E-state index contributed by atoms with van der Waals surface area (Å²) in [6.07, 6.45) is 2.21. The van der Waals surface area contributed by atoms with E-state index in [9.17, 15) is 0 Å². The fourth-order valence-electron chi connectivity index (χ4n) is 3.35. The van der Waals surface area contributed by atoms with Gasteiger partial charge in [0.25, 0.3) is 0 Å². The molecule has 2 N–H and O–H groups in total. The number of halogens is 2. The van der Waals surface area contributed by atoms with E-state index in [0.717, 1.165) is 48.5 Å². The lowest BCUT2D eigenvalue weighted by atomic mass is 10.0. The summed E-state index contributed by atoms with van der Waals surface area (Å²) in [7, 11) is 1.80. The molecule has 2 aromatic rings. The summed E-state index contributed by atoms with van der Waals surface area (Å²) in [4.78, 5) is 6.86. The van der Waals surface area contributed by atoms with E-state index < -0.39 is 0 Å². The van der Waals surface area contributed by atoms with Crippen molar-refractivity contribution < 1.29 is 0 Å². The van der Waals surface area contributed by atoms with Crippen molar-refractivity contribution in [2.24, 2.45) is 4.99 Å². The average Bonchev–Trinajstić information content (AvgIpc) is 2.74. The molecule has 0 bridgehead atoms. The molecule has 1 saturated heterocycles. The van der Waals surface area contributed by atoms with E-state index in [1.54, 1.807) is 7.05 Å². The van der Waals surface area contributed by atoms with Crippen LogP contribution >= 0.6 is 39.9 Å². The maximum absolute atomic E-state index is 8.88. The number of piperidine rings is 1. The zero-order valence-electron chi connectivity index (χ0n) is 16.6. The number of likely N-dealkylation sites (tertiary alicyclic amines) is 1. The molecule has 0 amide bonds. The lowest BCUT2D eigenvalue weighted by Crippen LogP contribution is -2.48. The van der Waals surface area contributed by atoms with E-state index >= 15 is 0 Å². The van der Waals surface area contributed by atoms with Crippen LogP contribution in [-0.4, -0.2) is 37.0 Å². The van der Waals surface area contributed by atoms with Gasteiger partial charge in [-0.2, -0.15) is 5.26 Å². The third-order valence-electron chi connectivity index (χ3n) is 5.01. The molecule has 0 unspecified atom stereocenters. The predicted molar refractivity (Wildman–Crippen MR) is 132 cm³/mol. The fraction of sp³-hybridized carbons (Fsp3) is 0.364. The minimum absolute atomic E-state index is 0. The first kappa shape index (κ1) is 23.6. The van der Waals surface area contributed by atoms with Crippen LogP contribution in [0.4, 0.5) is 0 Å². The van der Waals surface area contributed by atoms with Crippen LogP contribution in [0.3, 0.4) is 0 Å². The van der Waals surface area contributed by atoms with Crippen LogP contribution < -0.4 is 10.6 Å². The molecule has 0 atom stereocenters. The Kier molecular flexibility index (Phi) is 9.91. The Balaban J connectivity index is 0.00000300. The number of nitrogens with one attached hydrogen (secondary N) is 2. The molecule has 1 fully saturated rings. The van der Waals surface area contributed by atoms with E-state index in [1.165, 1.54) is 5.56 Å². The van der Waals surface area contributed by atoms with Crippen LogP contribution in [-0.2, 0) is 13.1 Å². The molecule has 5 nitrogen and oxygen atoms in total. The van der Waals surface area contributed by atoms with E-state index in [-0.39, 0.29) is 24.0 Å². The first-order chi connectivity index (χ1) is 13.7. The fourth-order valence-corrected chi connectivity index (χ4v) is 3.62. The molecule has 29 heavy (non-hydrogen) atoms. The van der Waals surface area contributed by atoms with Crippen molar-refractivity contribution in [3.05, 3.63) is 69.7 Å². The normalized spacial score (nSPS) is 15.3. The minimum Gasteiger partial charge on any atom is -0.354 e. The Morgan fingerprint density at radius 1 is 1.10 bits per heavy atom. The molecule has 0 spiro atoms. The lowest BCUT2D eigenvalue weighted by Gasteiger charge is -2.33. The monoisotopic (exact) mass is 567 g/mol. The standard InChI is InChI=1S/C22H26BrN5.HI/c1-25-22(26-15-18-4-2-17(14-24)3-5-18)27-21-10-12-28(13-11-21)16-19-6-8-20(23)9-7-19;/h2-9,21H,10-13,15-16H2,1H3,(H2,25,26,27);1H. The molecule has 3 rings (SSSR count). The molecule has 2 aromatic carbocycles. The average molecular weight is 568 g/mol. The summed E-state index contributed by atoms with van der Waals surface area (Å²) in [5.74, 6) is 0.829. The molecular formula is C22H27BrIN5. The molecule has 1 heterocycles. The molecule has 0 saturated carbocycles. The highest BCUT2D eigenvalue weighted by Crippen LogP contribution is 2.16. The molecule has 7 heteroatoms. The van der Waals surface area contributed by atoms with E-state index in [1.807, 2.05) is 24.3 Å². The van der Waals surface area contributed by atoms with Gasteiger partial charge in [0.1, 0.15) is 0 Å². The molecule has 1 aliphatic rings. The van der Waals surface area contributed by atoms with Crippen LogP contribution in [0.2, 0.25) is 0 Å². The third kappa shape index (κ3) is 7.61. The highest BCUT2D eigenvalue weighted by Gasteiger charge is 2.20. The van der Waals surface area contributed by atoms with Gasteiger partial charge < -0.3 is 10.6 Å². The number of hydrogen-bond acceptors (Lipinski definition) is 3. The Labute approximate surface area is 198 Å². The van der Waals surface area contributed by atoms with E-state index in [0.29, 0.717) is 18.2 Å². The number of aliphatic imine (C=N–C) groups is 1. The van der Waals surface area contributed by atoms with E-state index in [2.05, 4.69) is 66.8 Å². The zero-order chi connectivity index (χ0) is 19.8. The smallest absolute Gasteiger partial charge is 0.191 e. The van der Waals surface area contributed by atoms with Gasteiger partial charge in [-0.05, 0) is 48.2 Å². The first-order valence-corrected chi connectivity index (χ1v) is 10.4. The van der Waals surface area contributed by atoms with Gasteiger partial charge in [0, 0.05) is 43.7 Å². The third-order valence-corrected chi connectivity index (χ3v) is 5.54. The van der Waals surface area contributed by atoms with Crippen LogP contribution in [0.25, 0.3) is 0 Å². The van der Waals surface area contributed by atoms with Crippen molar-refractivity contribution in [2.75, 3.05) is 20.1 Å². The second-order valence-electron chi connectivity index (χ2n) is 7.06. The molecule has 1 aliphatic heterocycles. The van der Waals surface area contributed by atoms with Gasteiger partial charge in [-0.25, -0.2) is 0 Å². The molecule has 0 aliphatic carbocycles. The van der Waals surface area contributed by atoms with Crippen molar-refractivity contribution in [1.82, 2.24) is 15.5 Å². The summed E-state index contributed by atoms with van der Waals surface area (Å²) in [5, 5.41) is 15.8. The lowest BCUT2D eigenvalue weighted by molar-refractivity contribution is 0.198. The van der Waals surface area contributed by atoms with Gasteiger partial charge >= 0.3 is 0 Å². The SMILES string of the molecule is CN=C(NCc1ccc(C#N)cc1)NC1CCN(Cc2ccc(Br)cc2)CC1.I. The van der Waals surface area contributed by atoms with E-state index in [4.69, 9.17) is 5.26 Å². The molecular weight excluding hydrogens is 541 g/mol. The van der Waals surface area contributed by atoms with Gasteiger partial charge in [-0.15, -0.1) is 24.0 Å². The number of benzene rings is 2. The van der Waals surface area contributed by atoms with Crippen molar-refractivity contribution in [1.29, 1.82) is 5.26 Å². The maximum Gasteiger partial charge on any atom is 0.191 e. The Morgan fingerprint density at radius 2 is 1.72 bits per heavy atom. The zero-order valence-corrected chi connectivity index (χ0v) is 20.5. The highest BCUT2D eigenvalue weighted by atomic mass is 127. The largest absolute Gasteiger partial charge is 0.354 e. The number of hydrogen-bond donors (Lipinski definition) is 2. The Bertz CT molecular complexity index is 822. The number of nitriles is 1. The second kappa shape index (κ2) is 12.2. The molecule has 0 aromatic heterocycles. The van der Waals surface area contributed by atoms with Gasteiger partial charge in [-0.1, -0.05) is 40.2 Å². The quantitative estimate of drug-likeness (QED) is 0.322. The first-order valence-electron chi connectivity index (χ1n) is 9.59. The topological polar surface area (TPSA) is 63.5 Å². The number of nitrogens with zero attached hydrogens (tertiary/aromatic N) is 3. The molecule has 0 radical (unpaired) electrons. The van der Waals surface area contributed by atoms with Crippen molar-refractivity contribution >= 4 is 45.9 Å². The van der Waals surface area contributed by atoms with Crippen molar-refractivity contribution in [3.63, 3.8) is 0 Å². The second-order valence-corrected chi connectivity index (χ2v) is 7.97. The molecule has 154 valence electrons. The number of guanidine groups is 1. The van der Waals surface area contributed by atoms with Crippen LogP contribution in [0.5, 0.6) is 0 Å². The van der Waals surface area contributed by atoms with Gasteiger partial charge in [0.05, 0.1) is 11.6 Å². The highest BCUT2D eigenvalue weighted by molar-refractivity contribution is 14.0. The van der Waals surface area contributed by atoms with Crippen molar-refractivity contribution in [3.8, 4) is 6.07 Å². The van der Waals surface area contributed by atoms with Gasteiger partial charge in [0.15, 0.2) is 5.96 Å². The van der Waals surface area contributed by atoms with Crippen LogP contribution in [0.1, 0.15) is 29.5 Å². The minimum atomic E-state index is 0. The van der Waals surface area contributed by atoms with Gasteiger partial charge in [-0.3, -0.25) is 9.89 Å². The summed E-state index contributed by atoms with van der Waals surface area (Å²) in [6.45, 7) is 3.86. The van der Waals surface area contributed by atoms with Crippen molar-refractivity contribution in [2.45, 2.75) is 32.0 Å². The summed E-state index contributed by atoms with van der Waals surface area (Å²) >= 11 is 3.49. The summed E-state index contributed by atoms with van der Waals surface area (Å²) in [6, 6.07) is 18.8. The number of rotatable bonds is 5. The van der Waals surface area contributed by atoms with Crippen LogP contribution in [0.15, 0.2) is 58.0 Å². The van der Waals surface area contributed by atoms with Crippen LogP contribution in [0, 0.1) is 11.3 Å². The maximum atomic E-state index is 8.88. The summed E-state index contributed by atoms with van der Waals surface area (Å²) < 4.78 is 1.12. The Morgan fingerprint density at radius 3 is 2.31 bits per heavy atom. The predicted octanol–water partition coefficient (Wildman–Crippen LogP) is 4.27. The Hall–Kier alpha value is -1.63.